The Hall–Kier alpha value is -2.10. The van der Waals surface area contributed by atoms with Gasteiger partial charge in [0.25, 0.3) is 5.91 Å². The smallest absolute Gasteiger partial charge is 0.267 e. The van der Waals surface area contributed by atoms with Crippen LogP contribution in [0.2, 0.25) is 10.0 Å². The summed E-state index contributed by atoms with van der Waals surface area (Å²) in [5.74, 6) is -0.113. The highest BCUT2D eigenvalue weighted by Crippen LogP contribution is 2.25. The van der Waals surface area contributed by atoms with Crippen LogP contribution in [0.3, 0.4) is 0 Å². The average molecular weight is 345 g/mol. The van der Waals surface area contributed by atoms with E-state index in [0.29, 0.717) is 27.9 Å². The molecule has 0 aliphatic carbocycles. The molecule has 0 bridgehead atoms. The number of carbonyl (C=O) groups is 1. The van der Waals surface area contributed by atoms with E-state index in [1.165, 1.54) is 5.01 Å². The van der Waals surface area contributed by atoms with Crippen molar-refractivity contribution >= 4 is 40.9 Å². The zero-order chi connectivity index (χ0) is 16.4. The number of carbonyl (C=O) groups excluding carboxylic acids is 1. The van der Waals surface area contributed by atoms with Crippen LogP contribution in [-0.2, 0) is 11.3 Å². The number of hydrazone groups is 1. The van der Waals surface area contributed by atoms with E-state index >= 15 is 0 Å². The van der Waals surface area contributed by atoms with Crippen LogP contribution in [0.1, 0.15) is 18.1 Å². The topological polar surface area (TPSA) is 32.7 Å². The van der Waals surface area contributed by atoms with Gasteiger partial charge in [0.2, 0.25) is 0 Å². The first-order valence-corrected chi connectivity index (χ1v) is 7.88. The Kier molecular flexibility index (Phi) is 4.51. The molecule has 23 heavy (non-hydrogen) atoms. The quantitative estimate of drug-likeness (QED) is 0.736. The standard InChI is InChI=1S/C18H14Cl2N2O/c1-12-15(9-14-7-8-16(19)17(20)10-14)18(23)22(21-12)11-13-5-3-2-4-6-13/h2-10H,11H2,1H3/b15-9+. The molecule has 1 heterocycles. The third-order valence-corrected chi connectivity index (χ3v) is 4.29. The van der Waals surface area contributed by atoms with Gasteiger partial charge >= 0.3 is 0 Å². The number of rotatable bonds is 3. The molecule has 0 saturated carbocycles. The maximum Gasteiger partial charge on any atom is 0.276 e. The largest absolute Gasteiger partial charge is 0.276 e. The van der Waals surface area contributed by atoms with Crippen molar-refractivity contribution in [3.63, 3.8) is 0 Å². The molecular weight excluding hydrogens is 331 g/mol. The summed E-state index contributed by atoms with van der Waals surface area (Å²) in [6, 6.07) is 15.0. The molecule has 0 fully saturated rings. The van der Waals surface area contributed by atoms with Crippen LogP contribution in [0.15, 0.2) is 59.2 Å². The number of nitrogens with zero attached hydrogens (tertiary/aromatic N) is 2. The number of halogens is 2. The van der Waals surface area contributed by atoms with Crippen molar-refractivity contribution in [1.82, 2.24) is 5.01 Å². The van der Waals surface area contributed by atoms with Gasteiger partial charge in [0, 0.05) is 0 Å². The summed E-state index contributed by atoms with van der Waals surface area (Å²) in [6.07, 6.45) is 1.79. The molecular formula is C18H14Cl2N2O. The van der Waals surface area contributed by atoms with Crippen molar-refractivity contribution in [2.24, 2.45) is 5.10 Å². The molecule has 0 radical (unpaired) electrons. The molecule has 0 N–H and O–H groups in total. The van der Waals surface area contributed by atoms with E-state index < -0.39 is 0 Å². The van der Waals surface area contributed by atoms with Gasteiger partial charge in [-0.25, -0.2) is 5.01 Å². The molecule has 116 valence electrons. The highest BCUT2D eigenvalue weighted by Gasteiger charge is 2.27. The fourth-order valence-electron chi connectivity index (χ4n) is 2.37. The first kappa shape index (κ1) is 15.8. The Morgan fingerprint density at radius 1 is 1.09 bits per heavy atom. The second-order valence-corrected chi connectivity index (χ2v) is 6.08. The molecule has 5 heteroatoms. The van der Waals surface area contributed by atoms with Gasteiger partial charge in [-0.1, -0.05) is 59.6 Å². The summed E-state index contributed by atoms with van der Waals surface area (Å²) in [4.78, 5) is 12.6. The Bertz CT molecular complexity index is 813. The maximum atomic E-state index is 12.6. The monoisotopic (exact) mass is 344 g/mol. The summed E-state index contributed by atoms with van der Waals surface area (Å²) in [6.45, 7) is 2.28. The number of hydrogen-bond donors (Lipinski definition) is 0. The normalized spacial score (nSPS) is 16.1. The first-order chi connectivity index (χ1) is 11.0. The van der Waals surface area contributed by atoms with Gasteiger partial charge in [0.05, 0.1) is 27.9 Å². The lowest BCUT2D eigenvalue weighted by Crippen LogP contribution is -2.21. The SMILES string of the molecule is CC1=NN(Cc2ccccc2)C(=O)/C1=C/c1ccc(Cl)c(Cl)c1. The minimum atomic E-state index is -0.113. The van der Waals surface area contributed by atoms with Crippen molar-refractivity contribution < 1.29 is 4.79 Å². The molecule has 0 saturated heterocycles. The molecule has 0 atom stereocenters. The Labute approximate surface area is 144 Å². The fourth-order valence-corrected chi connectivity index (χ4v) is 2.68. The molecule has 0 spiro atoms. The number of hydrogen-bond acceptors (Lipinski definition) is 2. The van der Waals surface area contributed by atoms with E-state index in [1.54, 1.807) is 18.2 Å². The zero-order valence-electron chi connectivity index (χ0n) is 12.5. The van der Waals surface area contributed by atoms with Gasteiger partial charge in [-0.2, -0.15) is 5.10 Å². The highest BCUT2D eigenvalue weighted by atomic mass is 35.5. The maximum absolute atomic E-state index is 12.6. The molecule has 1 aliphatic rings. The lowest BCUT2D eigenvalue weighted by molar-refractivity contribution is -0.126. The van der Waals surface area contributed by atoms with Crippen LogP contribution in [0.4, 0.5) is 0 Å². The Morgan fingerprint density at radius 2 is 1.83 bits per heavy atom. The predicted octanol–water partition coefficient (Wildman–Crippen LogP) is 4.80. The minimum absolute atomic E-state index is 0.113. The van der Waals surface area contributed by atoms with E-state index in [-0.39, 0.29) is 5.91 Å². The molecule has 3 nitrogen and oxygen atoms in total. The summed E-state index contributed by atoms with van der Waals surface area (Å²) in [5.41, 5.74) is 3.11. The summed E-state index contributed by atoms with van der Waals surface area (Å²) in [5, 5.41) is 6.78. The second-order valence-electron chi connectivity index (χ2n) is 5.27. The van der Waals surface area contributed by atoms with Crippen LogP contribution < -0.4 is 0 Å². The molecule has 3 rings (SSSR count). The number of benzene rings is 2. The Morgan fingerprint density at radius 3 is 2.52 bits per heavy atom. The summed E-state index contributed by atoms with van der Waals surface area (Å²) in [7, 11) is 0. The van der Waals surface area contributed by atoms with Crippen LogP contribution in [0.5, 0.6) is 0 Å². The van der Waals surface area contributed by atoms with Gasteiger partial charge in [0.15, 0.2) is 0 Å². The summed E-state index contributed by atoms with van der Waals surface area (Å²) >= 11 is 11.9. The van der Waals surface area contributed by atoms with Gasteiger partial charge in [-0.05, 0) is 36.3 Å². The predicted molar refractivity (Wildman–Crippen MR) is 94.5 cm³/mol. The summed E-state index contributed by atoms with van der Waals surface area (Å²) < 4.78 is 0. The lowest BCUT2D eigenvalue weighted by atomic mass is 10.1. The van der Waals surface area contributed by atoms with E-state index in [9.17, 15) is 4.79 Å². The van der Waals surface area contributed by atoms with Gasteiger partial charge in [-0.15, -0.1) is 0 Å². The third kappa shape index (κ3) is 3.46. The van der Waals surface area contributed by atoms with Crippen molar-refractivity contribution in [2.45, 2.75) is 13.5 Å². The van der Waals surface area contributed by atoms with Crippen LogP contribution in [0.25, 0.3) is 6.08 Å². The van der Waals surface area contributed by atoms with Crippen LogP contribution in [-0.4, -0.2) is 16.6 Å². The lowest BCUT2D eigenvalue weighted by Gasteiger charge is -2.11. The Balaban J connectivity index is 1.84. The minimum Gasteiger partial charge on any atom is -0.267 e. The van der Waals surface area contributed by atoms with Gasteiger partial charge in [0.1, 0.15) is 0 Å². The van der Waals surface area contributed by atoms with E-state index in [4.69, 9.17) is 23.2 Å². The van der Waals surface area contributed by atoms with Gasteiger partial charge < -0.3 is 0 Å². The fraction of sp³-hybridized carbons (Fsp3) is 0.111. The van der Waals surface area contributed by atoms with Crippen molar-refractivity contribution in [3.05, 3.63) is 75.3 Å². The third-order valence-electron chi connectivity index (χ3n) is 3.56. The highest BCUT2D eigenvalue weighted by molar-refractivity contribution is 6.42. The molecule has 2 aromatic carbocycles. The first-order valence-electron chi connectivity index (χ1n) is 7.13. The molecule has 0 unspecified atom stereocenters. The second kappa shape index (κ2) is 6.57. The van der Waals surface area contributed by atoms with Crippen molar-refractivity contribution in [1.29, 1.82) is 0 Å². The molecule has 0 aromatic heterocycles. The molecule has 2 aromatic rings. The van der Waals surface area contributed by atoms with E-state index in [1.807, 2.05) is 43.3 Å². The van der Waals surface area contributed by atoms with Crippen molar-refractivity contribution in [2.75, 3.05) is 0 Å². The number of amides is 1. The van der Waals surface area contributed by atoms with E-state index in [0.717, 1.165) is 11.1 Å². The molecule has 1 aliphatic heterocycles. The average Bonchev–Trinajstić information content (AvgIpc) is 2.79. The molecule has 1 amide bonds. The van der Waals surface area contributed by atoms with E-state index in [2.05, 4.69) is 5.10 Å². The zero-order valence-corrected chi connectivity index (χ0v) is 14.0. The van der Waals surface area contributed by atoms with Crippen LogP contribution >= 0.6 is 23.2 Å². The van der Waals surface area contributed by atoms with Gasteiger partial charge in [-0.3, -0.25) is 4.79 Å². The van der Waals surface area contributed by atoms with Crippen LogP contribution in [0, 0.1) is 0 Å². The van der Waals surface area contributed by atoms with Crippen molar-refractivity contribution in [3.8, 4) is 0 Å².